The molecule has 5 nitrogen and oxygen atoms in total. The molecule has 0 aromatic carbocycles. The molecule has 0 bridgehead atoms. The van der Waals surface area contributed by atoms with Crippen molar-refractivity contribution in [3.05, 3.63) is 11.9 Å². The predicted molar refractivity (Wildman–Crippen MR) is 74.4 cm³/mol. The first-order valence-electron chi connectivity index (χ1n) is 6.52. The van der Waals surface area contributed by atoms with E-state index in [1.807, 2.05) is 6.92 Å². The van der Waals surface area contributed by atoms with E-state index in [9.17, 15) is 0 Å². The maximum atomic E-state index is 5.79. The lowest BCUT2D eigenvalue weighted by Gasteiger charge is -2.29. The highest BCUT2D eigenvalue weighted by molar-refractivity contribution is 5.46. The highest BCUT2D eigenvalue weighted by atomic mass is 16.5. The quantitative estimate of drug-likeness (QED) is 0.780. The van der Waals surface area contributed by atoms with Gasteiger partial charge in [-0.3, -0.25) is 0 Å². The topological polar surface area (TPSA) is 73.1 Å². The molecule has 0 aliphatic carbocycles. The fourth-order valence-electron chi connectivity index (χ4n) is 1.58. The molecular weight excluding hydrogens is 228 g/mol. The number of nitrogen functional groups attached to an aromatic ring is 1. The van der Waals surface area contributed by atoms with Gasteiger partial charge in [0.2, 0.25) is 0 Å². The van der Waals surface area contributed by atoms with Gasteiger partial charge in [-0.2, -0.15) is 0 Å². The summed E-state index contributed by atoms with van der Waals surface area (Å²) in [7, 11) is 0. The van der Waals surface area contributed by atoms with Gasteiger partial charge < -0.3 is 15.8 Å². The van der Waals surface area contributed by atoms with E-state index in [1.165, 1.54) is 0 Å². The van der Waals surface area contributed by atoms with Gasteiger partial charge in [0.05, 0.1) is 0 Å². The molecule has 5 heteroatoms. The van der Waals surface area contributed by atoms with Gasteiger partial charge in [-0.1, -0.05) is 13.8 Å². The Morgan fingerprint density at radius 3 is 2.50 bits per heavy atom. The van der Waals surface area contributed by atoms with Crippen molar-refractivity contribution in [2.75, 3.05) is 17.7 Å². The Labute approximate surface area is 109 Å². The summed E-state index contributed by atoms with van der Waals surface area (Å²) in [6.45, 7) is 9.46. The molecule has 0 aliphatic rings. The molecule has 0 aliphatic heterocycles. The second-order valence-electron chi connectivity index (χ2n) is 4.62. The normalized spacial score (nSPS) is 11.6. The number of hydrogen-bond donors (Lipinski definition) is 2. The molecule has 1 aromatic rings. The third kappa shape index (κ3) is 4.14. The van der Waals surface area contributed by atoms with Crippen LogP contribution in [0.3, 0.4) is 0 Å². The number of hydrogen-bond acceptors (Lipinski definition) is 5. The molecule has 18 heavy (non-hydrogen) atoms. The van der Waals surface area contributed by atoms with Crippen LogP contribution in [0.25, 0.3) is 0 Å². The van der Waals surface area contributed by atoms with Crippen LogP contribution in [0.1, 0.15) is 46.4 Å². The average molecular weight is 252 g/mol. The van der Waals surface area contributed by atoms with Gasteiger partial charge in [-0.05, 0) is 26.7 Å². The summed E-state index contributed by atoms with van der Waals surface area (Å²) < 4.78 is 5.30. The zero-order valence-electron chi connectivity index (χ0n) is 11.8. The van der Waals surface area contributed by atoms with E-state index in [4.69, 9.17) is 10.5 Å². The first-order valence-corrected chi connectivity index (χ1v) is 6.52. The summed E-state index contributed by atoms with van der Waals surface area (Å²) in [6.07, 6.45) is 2.04. The van der Waals surface area contributed by atoms with E-state index in [2.05, 4.69) is 36.1 Å². The lowest BCUT2D eigenvalue weighted by molar-refractivity contribution is 0.128. The molecule has 0 amide bonds. The third-order valence-electron chi connectivity index (χ3n) is 3.22. The molecule has 1 heterocycles. The molecule has 3 N–H and O–H groups in total. The lowest BCUT2D eigenvalue weighted by atomic mass is 9.96. The Bertz CT molecular complexity index is 377. The zero-order valence-corrected chi connectivity index (χ0v) is 11.8. The van der Waals surface area contributed by atoms with Crippen LogP contribution in [0.4, 0.5) is 11.6 Å². The highest BCUT2D eigenvalue weighted by Gasteiger charge is 2.20. The number of ether oxygens (including phenoxy) is 1. The molecule has 0 spiro atoms. The van der Waals surface area contributed by atoms with Crippen LogP contribution in [0.15, 0.2) is 6.07 Å². The van der Waals surface area contributed by atoms with Crippen LogP contribution in [-0.4, -0.2) is 22.1 Å². The van der Waals surface area contributed by atoms with E-state index < -0.39 is 0 Å². The van der Waals surface area contributed by atoms with E-state index in [0.29, 0.717) is 24.9 Å². The molecule has 0 atom stereocenters. The van der Waals surface area contributed by atoms with Crippen LogP contribution in [0.2, 0.25) is 0 Å². The van der Waals surface area contributed by atoms with Gasteiger partial charge in [0.25, 0.3) is 0 Å². The fraction of sp³-hybridized carbons (Fsp3) is 0.692. The minimum Gasteiger partial charge on any atom is -0.384 e. The van der Waals surface area contributed by atoms with Crippen molar-refractivity contribution in [3.63, 3.8) is 0 Å². The predicted octanol–water partition coefficient (Wildman–Crippen LogP) is 2.59. The largest absolute Gasteiger partial charge is 0.384 e. The van der Waals surface area contributed by atoms with Crippen LogP contribution < -0.4 is 11.1 Å². The summed E-state index contributed by atoms with van der Waals surface area (Å²) >= 11 is 0. The molecule has 0 saturated heterocycles. The molecule has 0 radical (unpaired) electrons. The van der Waals surface area contributed by atoms with Crippen LogP contribution in [0.5, 0.6) is 0 Å². The summed E-state index contributed by atoms with van der Waals surface area (Å²) in [5.41, 5.74) is 5.82. The van der Waals surface area contributed by atoms with Gasteiger partial charge >= 0.3 is 0 Å². The van der Waals surface area contributed by atoms with Crippen LogP contribution in [-0.2, 0) is 11.3 Å². The highest BCUT2D eigenvalue weighted by Crippen LogP contribution is 2.21. The van der Waals surface area contributed by atoms with Gasteiger partial charge in [0, 0.05) is 18.2 Å². The Balaban J connectivity index is 2.85. The standard InChI is InChI=1S/C13H24N4O/c1-5-13(4,6-2)17-11-8-10(14)15-12(16-11)9-18-7-3/h8H,5-7,9H2,1-4H3,(H3,14,15,16,17). The number of nitrogens with zero attached hydrogens (tertiary/aromatic N) is 2. The Morgan fingerprint density at radius 1 is 1.28 bits per heavy atom. The van der Waals surface area contributed by atoms with Crippen molar-refractivity contribution in [1.82, 2.24) is 9.97 Å². The monoisotopic (exact) mass is 252 g/mol. The number of aromatic nitrogens is 2. The molecule has 1 aromatic heterocycles. The maximum Gasteiger partial charge on any atom is 0.158 e. The number of nitrogens with one attached hydrogen (secondary N) is 1. The SMILES string of the molecule is CCOCc1nc(N)cc(NC(C)(CC)CC)n1. The van der Waals surface area contributed by atoms with Crippen molar-refractivity contribution in [2.24, 2.45) is 0 Å². The maximum absolute atomic E-state index is 5.79. The Hall–Kier alpha value is -1.36. The van der Waals surface area contributed by atoms with Crippen molar-refractivity contribution in [3.8, 4) is 0 Å². The lowest BCUT2D eigenvalue weighted by Crippen LogP contribution is -2.33. The second-order valence-corrected chi connectivity index (χ2v) is 4.62. The summed E-state index contributed by atoms with van der Waals surface area (Å²) in [5.74, 6) is 1.86. The summed E-state index contributed by atoms with van der Waals surface area (Å²) in [5, 5.41) is 3.43. The van der Waals surface area contributed by atoms with Crippen molar-refractivity contribution in [1.29, 1.82) is 0 Å². The Kier molecular flexibility index (Phi) is 5.34. The van der Waals surface area contributed by atoms with Gasteiger partial charge in [-0.25, -0.2) is 9.97 Å². The van der Waals surface area contributed by atoms with Gasteiger partial charge in [-0.15, -0.1) is 0 Å². The zero-order chi connectivity index (χ0) is 13.6. The third-order valence-corrected chi connectivity index (χ3v) is 3.22. The van der Waals surface area contributed by atoms with Crippen molar-refractivity contribution in [2.45, 2.75) is 52.7 Å². The number of rotatable bonds is 7. The average Bonchev–Trinajstić information content (AvgIpc) is 2.35. The van der Waals surface area contributed by atoms with E-state index in [1.54, 1.807) is 6.07 Å². The number of nitrogens with two attached hydrogens (primary N) is 1. The first kappa shape index (κ1) is 14.7. The van der Waals surface area contributed by atoms with Crippen molar-refractivity contribution >= 4 is 11.6 Å². The van der Waals surface area contributed by atoms with Gasteiger partial charge in [0.15, 0.2) is 5.82 Å². The summed E-state index contributed by atoms with van der Waals surface area (Å²) in [6, 6.07) is 1.76. The first-order chi connectivity index (χ1) is 8.53. The number of anilines is 2. The minimum atomic E-state index is 0.0314. The van der Waals surface area contributed by atoms with E-state index in [-0.39, 0.29) is 5.54 Å². The van der Waals surface area contributed by atoms with Crippen molar-refractivity contribution < 1.29 is 4.74 Å². The van der Waals surface area contributed by atoms with Crippen LogP contribution >= 0.6 is 0 Å². The smallest absolute Gasteiger partial charge is 0.158 e. The molecule has 0 unspecified atom stereocenters. The van der Waals surface area contributed by atoms with Crippen LogP contribution in [0, 0.1) is 0 Å². The molecule has 102 valence electrons. The molecule has 0 fully saturated rings. The van der Waals surface area contributed by atoms with E-state index in [0.717, 1.165) is 18.7 Å². The molecule has 0 saturated carbocycles. The Morgan fingerprint density at radius 2 is 1.94 bits per heavy atom. The minimum absolute atomic E-state index is 0.0314. The summed E-state index contributed by atoms with van der Waals surface area (Å²) in [4.78, 5) is 8.58. The van der Waals surface area contributed by atoms with Gasteiger partial charge in [0.1, 0.15) is 18.2 Å². The molecular formula is C13H24N4O. The van der Waals surface area contributed by atoms with E-state index >= 15 is 0 Å². The fourth-order valence-corrected chi connectivity index (χ4v) is 1.58. The second kappa shape index (κ2) is 6.54. The molecule has 1 rings (SSSR count).